The highest BCUT2D eigenvalue weighted by molar-refractivity contribution is 5.90. The Labute approximate surface area is 118 Å². The van der Waals surface area contributed by atoms with Crippen molar-refractivity contribution < 1.29 is 19.5 Å². The van der Waals surface area contributed by atoms with Gasteiger partial charge in [-0.3, -0.25) is 9.59 Å². The van der Waals surface area contributed by atoms with E-state index < -0.39 is 12.0 Å². The Balaban J connectivity index is 2.65. The van der Waals surface area contributed by atoms with Crippen LogP contribution in [-0.2, 0) is 14.4 Å². The molecule has 1 rings (SSSR count). The number of carbonyl (C=O) groups excluding carboxylic acids is 2. The number of hydrogen-bond donors (Lipinski definition) is 2. The number of amides is 2. The molecule has 2 atom stereocenters. The Morgan fingerprint density at radius 1 is 1.40 bits per heavy atom. The van der Waals surface area contributed by atoms with Crippen molar-refractivity contribution in [2.45, 2.75) is 32.7 Å². The van der Waals surface area contributed by atoms with Crippen LogP contribution in [0, 0.1) is 11.3 Å². The van der Waals surface area contributed by atoms with Crippen molar-refractivity contribution in [2.75, 3.05) is 14.1 Å². The molecule has 1 fully saturated rings. The smallest absolute Gasteiger partial charge is 0.327 e. The summed E-state index contributed by atoms with van der Waals surface area (Å²) in [5, 5.41) is 11.3. The van der Waals surface area contributed by atoms with Crippen molar-refractivity contribution in [3.63, 3.8) is 0 Å². The first kappa shape index (κ1) is 16.2. The van der Waals surface area contributed by atoms with Crippen LogP contribution in [0.1, 0.15) is 26.7 Å². The second-order valence-corrected chi connectivity index (χ2v) is 6.02. The maximum atomic E-state index is 12.0. The molecule has 0 radical (unpaired) electrons. The lowest BCUT2D eigenvalue weighted by molar-refractivity contribution is -0.135. The predicted molar refractivity (Wildman–Crippen MR) is 73.9 cm³/mol. The largest absolute Gasteiger partial charge is 0.478 e. The van der Waals surface area contributed by atoms with Crippen molar-refractivity contribution >= 4 is 17.8 Å². The molecule has 1 aliphatic rings. The maximum Gasteiger partial charge on any atom is 0.327 e. The van der Waals surface area contributed by atoms with Crippen LogP contribution in [0.25, 0.3) is 0 Å². The van der Waals surface area contributed by atoms with Crippen LogP contribution >= 0.6 is 0 Å². The molecule has 2 amide bonds. The number of carboxylic acids is 1. The van der Waals surface area contributed by atoms with Gasteiger partial charge in [-0.05, 0) is 18.3 Å². The van der Waals surface area contributed by atoms with E-state index in [9.17, 15) is 14.4 Å². The Bertz CT molecular complexity index is 440. The quantitative estimate of drug-likeness (QED) is 0.700. The molecule has 1 aliphatic carbocycles. The summed E-state index contributed by atoms with van der Waals surface area (Å²) in [5.74, 6) is -1.52. The molecule has 0 aromatic rings. The van der Waals surface area contributed by atoms with Gasteiger partial charge in [0.15, 0.2) is 0 Å². The van der Waals surface area contributed by atoms with Gasteiger partial charge in [-0.25, -0.2) is 4.79 Å². The van der Waals surface area contributed by atoms with Crippen LogP contribution in [0.5, 0.6) is 0 Å². The summed E-state index contributed by atoms with van der Waals surface area (Å²) in [4.78, 5) is 35.8. The molecular formula is C14H22N2O4. The minimum absolute atomic E-state index is 0.00724. The van der Waals surface area contributed by atoms with Gasteiger partial charge in [-0.2, -0.15) is 0 Å². The minimum atomic E-state index is -1.07. The van der Waals surface area contributed by atoms with Crippen LogP contribution in [0.2, 0.25) is 0 Å². The third kappa shape index (κ3) is 4.36. The van der Waals surface area contributed by atoms with Gasteiger partial charge in [-0.1, -0.05) is 19.9 Å². The summed E-state index contributed by atoms with van der Waals surface area (Å²) in [6, 6.07) is -0.718. The van der Waals surface area contributed by atoms with Crippen molar-refractivity contribution in [3.05, 3.63) is 12.2 Å². The predicted octanol–water partition coefficient (Wildman–Crippen LogP) is 0.636. The van der Waals surface area contributed by atoms with E-state index in [1.54, 1.807) is 14.1 Å². The average molecular weight is 282 g/mol. The minimum Gasteiger partial charge on any atom is -0.478 e. The Morgan fingerprint density at radius 2 is 1.95 bits per heavy atom. The van der Waals surface area contributed by atoms with E-state index >= 15 is 0 Å². The highest BCUT2D eigenvalue weighted by Gasteiger charge is 2.51. The molecule has 1 saturated carbocycles. The molecular weight excluding hydrogens is 260 g/mol. The van der Waals surface area contributed by atoms with Crippen molar-refractivity contribution in [1.29, 1.82) is 0 Å². The number of carbonyl (C=O) groups is 3. The lowest BCUT2D eigenvalue weighted by atomic mass is 10.1. The summed E-state index contributed by atoms with van der Waals surface area (Å²) >= 11 is 0. The molecule has 20 heavy (non-hydrogen) atoms. The van der Waals surface area contributed by atoms with E-state index in [2.05, 4.69) is 5.32 Å². The molecule has 2 N–H and O–H groups in total. The fourth-order valence-corrected chi connectivity index (χ4v) is 2.03. The molecule has 6 heteroatoms. The number of likely N-dealkylation sites (N-methyl/N-ethyl adjacent to an activating group) is 1. The molecule has 2 unspecified atom stereocenters. The Morgan fingerprint density at radius 3 is 2.35 bits per heavy atom. The molecule has 0 bridgehead atoms. The summed E-state index contributed by atoms with van der Waals surface area (Å²) in [5.41, 5.74) is -0.00724. The summed E-state index contributed by atoms with van der Waals surface area (Å²) < 4.78 is 0. The van der Waals surface area contributed by atoms with Crippen LogP contribution < -0.4 is 5.32 Å². The van der Waals surface area contributed by atoms with E-state index in [-0.39, 0.29) is 29.6 Å². The second kappa shape index (κ2) is 6.07. The van der Waals surface area contributed by atoms with Crippen LogP contribution in [0.15, 0.2) is 12.2 Å². The number of nitrogens with zero attached hydrogens (tertiary/aromatic N) is 1. The van der Waals surface area contributed by atoms with Gasteiger partial charge in [0.25, 0.3) is 0 Å². The van der Waals surface area contributed by atoms with Gasteiger partial charge in [0, 0.05) is 26.1 Å². The van der Waals surface area contributed by atoms with Crippen LogP contribution in [0.3, 0.4) is 0 Å². The first-order valence-electron chi connectivity index (χ1n) is 6.56. The lowest BCUT2D eigenvalue weighted by Crippen LogP contribution is -2.46. The van der Waals surface area contributed by atoms with E-state index in [0.717, 1.165) is 12.5 Å². The monoisotopic (exact) mass is 282 g/mol. The van der Waals surface area contributed by atoms with Crippen molar-refractivity contribution in [3.8, 4) is 0 Å². The second-order valence-electron chi connectivity index (χ2n) is 6.02. The number of carboxylic acid groups (broad SMARTS) is 1. The van der Waals surface area contributed by atoms with Gasteiger partial charge < -0.3 is 15.3 Å². The molecule has 6 nitrogen and oxygen atoms in total. The van der Waals surface area contributed by atoms with Crippen LogP contribution in [0.4, 0.5) is 0 Å². The van der Waals surface area contributed by atoms with E-state index in [1.807, 2.05) is 13.8 Å². The summed E-state index contributed by atoms with van der Waals surface area (Å²) in [6.07, 6.45) is 3.34. The van der Waals surface area contributed by atoms with E-state index in [4.69, 9.17) is 5.11 Å². The zero-order valence-corrected chi connectivity index (χ0v) is 12.3. The van der Waals surface area contributed by atoms with Crippen LogP contribution in [-0.4, -0.2) is 47.9 Å². The lowest BCUT2D eigenvalue weighted by Gasteiger charge is -2.21. The number of hydrogen-bond acceptors (Lipinski definition) is 3. The van der Waals surface area contributed by atoms with Crippen molar-refractivity contribution in [2.24, 2.45) is 11.3 Å². The fourth-order valence-electron chi connectivity index (χ4n) is 2.03. The standard InChI is InChI=1S/C14H22N2O4/c1-14(2)8-9(14)12(19)15-10(13(20)16(3)4)6-5-7-11(17)18/h5,7,9-10H,6,8H2,1-4H3,(H,15,19)(H,17,18)/b7-5-. The summed E-state index contributed by atoms with van der Waals surface area (Å²) in [7, 11) is 3.20. The Hall–Kier alpha value is -1.85. The highest BCUT2D eigenvalue weighted by Crippen LogP contribution is 2.51. The van der Waals surface area contributed by atoms with Gasteiger partial charge in [0.1, 0.15) is 6.04 Å². The van der Waals surface area contributed by atoms with E-state index in [1.165, 1.54) is 11.0 Å². The summed E-state index contributed by atoms with van der Waals surface area (Å²) in [6.45, 7) is 4.01. The third-order valence-corrected chi connectivity index (χ3v) is 3.52. The van der Waals surface area contributed by atoms with Gasteiger partial charge in [0.2, 0.25) is 11.8 Å². The average Bonchev–Trinajstić information content (AvgIpc) is 2.95. The molecule has 112 valence electrons. The molecule has 0 spiro atoms. The van der Waals surface area contributed by atoms with Crippen molar-refractivity contribution in [1.82, 2.24) is 10.2 Å². The first-order valence-corrected chi connectivity index (χ1v) is 6.56. The Kier molecular flexibility index (Phi) is 4.92. The normalized spacial score (nSPS) is 21.3. The third-order valence-electron chi connectivity index (χ3n) is 3.52. The highest BCUT2D eigenvalue weighted by atomic mass is 16.4. The van der Waals surface area contributed by atoms with E-state index in [0.29, 0.717) is 0 Å². The molecule has 0 heterocycles. The molecule has 0 aliphatic heterocycles. The van der Waals surface area contributed by atoms with Gasteiger partial charge >= 0.3 is 5.97 Å². The number of nitrogens with one attached hydrogen (secondary N) is 1. The fraction of sp³-hybridized carbons (Fsp3) is 0.643. The van der Waals surface area contributed by atoms with Gasteiger partial charge in [0.05, 0.1) is 0 Å². The number of rotatable bonds is 6. The molecule has 0 aromatic heterocycles. The molecule has 0 saturated heterocycles. The maximum absolute atomic E-state index is 12.0. The first-order chi connectivity index (χ1) is 9.15. The topological polar surface area (TPSA) is 86.7 Å². The zero-order valence-electron chi connectivity index (χ0n) is 12.3. The van der Waals surface area contributed by atoms with Gasteiger partial charge in [-0.15, -0.1) is 0 Å². The molecule has 0 aromatic carbocycles. The number of aliphatic carboxylic acids is 1. The SMILES string of the molecule is CN(C)C(=O)C(C/C=C\C(=O)O)NC(=O)C1CC1(C)C. The zero-order chi connectivity index (χ0) is 15.5.